The summed E-state index contributed by atoms with van der Waals surface area (Å²) >= 11 is 1.39. The van der Waals surface area contributed by atoms with Crippen LogP contribution >= 0.6 is 11.3 Å². The first kappa shape index (κ1) is 14.5. The van der Waals surface area contributed by atoms with Gasteiger partial charge in [-0.3, -0.25) is 9.71 Å². The maximum atomic E-state index is 12.5. The molecule has 0 bridgehead atoms. The van der Waals surface area contributed by atoms with Crippen molar-refractivity contribution in [1.82, 2.24) is 9.97 Å². The maximum Gasteiger partial charge on any atom is 0.417 e. The number of nitrogens with zero attached hydrogens (tertiary/aromatic N) is 1. The normalized spacial score (nSPS) is 14.8. The van der Waals surface area contributed by atoms with Gasteiger partial charge in [0, 0.05) is 4.88 Å². The zero-order valence-corrected chi connectivity index (χ0v) is 13.6. The predicted octanol–water partition coefficient (Wildman–Crippen LogP) is 2.26. The number of aryl methyl sites for hydroxylation is 2. The van der Waals surface area contributed by atoms with E-state index in [-0.39, 0.29) is 4.90 Å². The van der Waals surface area contributed by atoms with Crippen LogP contribution in [0.2, 0.25) is 0 Å². The van der Waals surface area contributed by atoms with Crippen LogP contribution in [-0.2, 0) is 22.9 Å². The van der Waals surface area contributed by atoms with E-state index in [4.69, 9.17) is 4.42 Å². The standard InChI is InChI=1S/C14H13N3O4S2/c18-14-16-10-7-8(5-6-11(10)21-14)23(19,20)17-13-15-9-3-1-2-4-12(9)22-13/h5-7H,1-4H2,(H,15,17)(H,16,18). The molecule has 23 heavy (non-hydrogen) atoms. The number of aromatic amines is 1. The van der Waals surface area contributed by atoms with Crippen LogP contribution in [0.15, 0.2) is 32.3 Å². The molecule has 9 heteroatoms. The second kappa shape index (κ2) is 5.20. The molecule has 1 aromatic carbocycles. The Morgan fingerprint density at radius 1 is 1.26 bits per heavy atom. The number of thiazole rings is 1. The minimum atomic E-state index is -3.76. The number of fused-ring (bicyclic) bond motifs is 2. The second-order valence-corrected chi connectivity index (χ2v) is 8.14. The Balaban J connectivity index is 1.68. The van der Waals surface area contributed by atoms with E-state index < -0.39 is 15.8 Å². The number of rotatable bonds is 3. The molecule has 1 aliphatic carbocycles. The van der Waals surface area contributed by atoms with E-state index in [1.54, 1.807) is 0 Å². The molecule has 4 rings (SSSR count). The number of anilines is 1. The number of nitrogens with one attached hydrogen (secondary N) is 2. The van der Waals surface area contributed by atoms with Gasteiger partial charge in [-0.15, -0.1) is 11.3 Å². The van der Waals surface area contributed by atoms with Gasteiger partial charge in [0.15, 0.2) is 10.7 Å². The van der Waals surface area contributed by atoms with Crippen LogP contribution in [0.1, 0.15) is 23.4 Å². The SMILES string of the molecule is O=c1[nH]c2cc(S(=O)(=O)Nc3nc4c(s3)CCCC4)ccc2o1. The molecule has 0 fully saturated rings. The number of sulfonamides is 1. The molecule has 0 unspecified atom stereocenters. The number of benzene rings is 1. The Bertz CT molecular complexity index is 1020. The highest BCUT2D eigenvalue weighted by atomic mass is 32.2. The van der Waals surface area contributed by atoms with Crippen LogP contribution in [0.5, 0.6) is 0 Å². The smallest absolute Gasteiger partial charge is 0.408 e. The van der Waals surface area contributed by atoms with E-state index in [2.05, 4.69) is 14.7 Å². The molecule has 2 heterocycles. The summed E-state index contributed by atoms with van der Waals surface area (Å²) in [6, 6.07) is 4.22. The number of aromatic nitrogens is 2. The quantitative estimate of drug-likeness (QED) is 0.753. The van der Waals surface area contributed by atoms with Crippen LogP contribution in [-0.4, -0.2) is 18.4 Å². The minimum absolute atomic E-state index is 0.0511. The van der Waals surface area contributed by atoms with Crippen LogP contribution < -0.4 is 10.5 Å². The van der Waals surface area contributed by atoms with Gasteiger partial charge in [-0.2, -0.15) is 0 Å². The highest BCUT2D eigenvalue weighted by Crippen LogP contribution is 2.31. The number of hydrogen-bond donors (Lipinski definition) is 2. The largest absolute Gasteiger partial charge is 0.417 e. The molecule has 0 atom stereocenters. The third-order valence-electron chi connectivity index (χ3n) is 3.77. The van der Waals surface area contributed by atoms with Crippen molar-refractivity contribution >= 4 is 37.6 Å². The summed E-state index contributed by atoms with van der Waals surface area (Å²) in [5.41, 5.74) is 1.66. The summed E-state index contributed by atoms with van der Waals surface area (Å²) < 4.78 is 32.4. The zero-order valence-electron chi connectivity index (χ0n) is 12.0. The first-order valence-electron chi connectivity index (χ1n) is 7.15. The summed E-state index contributed by atoms with van der Waals surface area (Å²) in [5, 5.41) is 0.387. The minimum Gasteiger partial charge on any atom is -0.408 e. The zero-order chi connectivity index (χ0) is 16.0. The van der Waals surface area contributed by atoms with Crippen molar-refractivity contribution in [2.45, 2.75) is 30.6 Å². The first-order chi connectivity index (χ1) is 11.0. The van der Waals surface area contributed by atoms with Crippen molar-refractivity contribution in [1.29, 1.82) is 0 Å². The van der Waals surface area contributed by atoms with E-state index in [1.807, 2.05) is 0 Å². The third kappa shape index (κ3) is 2.66. The lowest BCUT2D eigenvalue weighted by Gasteiger charge is -2.06. The van der Waals surface area contributed by atoms with E-state index in [1.165, 1.54) is 29.5 Å². The molecule has 0 radical (unpaired) electrons. The van der Waals surface area contributed by atoms with Crippen LogP contribution in [0, 0.1) is 0 Å². The molecular weight excluding hydrogens is 338 g/mol. The number of H-pyrrole nitrogens is 1. The molecule has 0 spiro atoms. The van der Waals surface area contributed by atoms with Gasteiger partial charge in [-0.25, -0.2) is 18.2 Å². The summed E-state index contributed by atoms with van der Waals surface area (Å²) in [5.74, 6) is -0.616. The average molecular weight is 351 g/mol. The van der Waals surface area contributed by atoms with Gasteiger partial charge in [-0.1, -0.05) is 0 Å². The number of oxazole rings is 1. The summed E-state index contributed by atoms with van der Waals surface area (Å²) in [6.45, 7) is 0. The topological polar surface area (TPSA) is 105 Å². The predicted molar refractivity (Wildman–Crippen MR) is 86.4 cm³/mol. The second-order valence-electron chi connectivity index (χ2n) is 5.37. The fourth-order valence-corrected chi connectivity index (χ4v) is 4.98. The molecule has 120 valence electrons. The molecule has 0 amide bonds. The fourth-order valence-electron chi connectivity index (χ4n) is 2.67. The van der Waals surface area contributed by atoms with Gasteiger partial charge in [0.2, 0.25) is 0 Å². The van der Waals surface area contributed by atoms with Crippen LogP contribution in [0.3, 0.4) is 0 Å². The third-order valence-corrected chi connectivity index (χ3v) is 6.31. The monoisotopic (exact) mass is 351 g/mol. The van der Waals surface area contributed by atoms with Crippen molar-refractivity contribution < 1.29 is 12.8 Å². The lowest BCUT2D eigenvalue weighted by Crippen LogP contribution is -2.12. The molecule has 7 nitrogen and oxygen atoms in total. The molecule has 0 saturated carbocycles. The molecule has 3 aromatic rings. The maximum absolute atomic E-state index is 12.5. The lowest BCUT2D eigenvalue weighted by molar-refractivity contribution is 0.555. The highest BCUT2D eigenvalue weighted by Gasteiger charge is 2.21. The Labute approximate surface area is 135 Å². The Kier molecular flexibility index (Phi) is 3.27. The fraction of sp³-hybridized carbons (Fsp3) is 0.286. The number of hydrogen-bond acceptors (Lipinski definition) is 6. The Hall–Kier alpha value is -2.13. The van der Waals surface area contributed by atoms with E-state index in [0.717, 1.165) is 36.3 Å². The van der Waals surface area contributed by atoms with Gasteiger partial charge in [0.05, 0.1) is 16.1 Å². The van der Waals surface area contributed by atoms with Crippen molar-refractivity contribution in [2.24, 2.45) is 0 Å². The van der Waals surface area contributed by atoms with Crippen molar-refractivity contribution in [3.63, 3.8) is 0 Å². The molecule has 1 aliphatic rings. The van der Waals surface area contributed by atoms with Gasteiger partial charge in [-0.05, 0) is 43.9 Å². The van der Waals surface area contributed by atoms with E-state index in [9.17, 15) is 13.2 Å². The van der Waals surface area contributed by atoms with Gasteiger partial charge in [0.25, 0.3) is 10.0 Å². The van der Waals surface area contributed by atoms with Crippen LogP contribution in [0.4, 0.5) is 5.13 Å². The summed E-state index contributed by atoms with van der Waals surface area (Å²) in [6.07, 6.45) is 4.06. The van der Waals surface area contributed by atoms with Gasteiger partial charge < -0.3 is 4.42 Å². The van der Waals surface area contributed by atoms with Gasteiger partial charge >= 0.3 is 5.76 Å². The lowest BCUT2D eigenvalue weighted by atomic mass is 10.0. The molecule has 2 N–H and O–H groups in total. The van der Waals surface area contributed by atoms with Crippen molar-refractivity contribution in [3.8, 4) is 0 Å². The summed E-state index contributed by atoms with van der Waals surface area (Å²) in [7, 11) is -3.76. The molecular formula is C14H13N3O4S2. The van der Waals surface area contributed by atoms with E-state index in [0.29, 0.717) is 16.2 Å². The Morgan fingerprint density at radius 3 is 2.91 bits per heavy atom. The van der Waals surface area contributed by atoms with Crippen molar-refractivity contribution in [3.05, 3.63) is 39.3 Å². The van der Waals surface area contributed by atoms with Gasteiger partial charge in [0.1, 0.15) is 0 Å². The summed E-state index contributed by atoms with van der Waals surface area (Å²) in [4.78, 5) is 19.2. The highest BCUT2D eigenvalue weighted by molar-refractivity contribution is 7.93. The molecule has 2 aromatic heterocycles. The Morgan fingerprint density at radius 2 is 2.09 bits per heavy atom. The first-order valence-corrected chi connectivity index (χ1v) is 9.45. The van der Waals surface area contributed by atoms with E-state index >= 15 is 0 Å². The molecule has 0 aliphatic heterocycles. The average Bonchev–Trinajstić information content (AvgIpc) is 3.06. The van der Waals surface area contributed by atoms with Crippen LogP contribution in [0.25, 0.3) is 11.1 Å². The molecule has 0 saturated heterocycles. The van der Waals surface area contributed by atoms with Crippen molar-refractivity contribution in [2.75, 3.05) is 4.72 Å².